The molecule has 2 heterocycles. The number of aromatic nitrogens is 4. The molecule has 0 aliphatic rings. The van der Waals surface area contributed by atoms with E-state index in [4.69, 9.17) is 0 Å². The van der Waals surface area contributed by atoms with Crippen molar-refractivity contribution in [3.63, 3.8) is 0 Å². The maximum absolute atomic E-state index is 13.2. The summed E-state index contributed by atoms with van der Waals surface area (Å²) >= 11 is 0. The number of fused-ring (bicyclic) bond motifs is 1. The van der Waals surface area contributed by atoms with Crippen molar-refractivity contribution in [3.05, 3.63) is 83.7 Å². The van der Waals surface area contributed by atoms with Crippen LogP contribution in [0.5, 0.6) is 0 Å². The first kappa shape index (κ1) is 17.0. The molecule has 0 saturated heterocycles. The van der Waals surface area contributed by atoms with Gasteiger partial charge in [0.2, 0.25) is 0 Å². The smallest absolute Gasteiger partial charge is 0.251 e. The lowest BCUT2D eigenvalue weighted by atomic mass is 10.1. The highest BCUT2D eigenvalue weighted by Crippen LogP contribution is 2.13. The monoisotopic (exact) mass is 363 g/mol. The first-order valence-electron chi connectivity index (χ1n) is 8.66. The molecule has 0 spiro atoms. The Hall–Kier alpha value is -3.48. The van der Waals surface area contributed by atoms with Gasteiger partial charge in [-0.25, -0.2) is 9.37 Å². The predicted octanol–water partition coefficient (Wildman–Crippen LogP) is 2.92. The Morgan fingerprint density at radius 2 is 2.11 bits per heavy atom. The Bertz CT molecular complexity index is 1070. The molecule has 0 fully saturated rings. The van der Waals surface area contributed by atoms with E-state index in [-0.39, 0.29) is 11.7 Å². The lowest BCUT2D eigenvalue weighted by Gasteiger charge is -2.07. The summed E-state index contributed by atoms with van der Waals surface area (Å²) in [6.45, 7) is 1.05. The van der Waals surface area contributed by atoms with Crippen LogP contribution in [0.25, 0.3) is 11.0 Å². The molecule has 0 atom stereocenters. The highest BCUT2D eigenvalue weighted by molar-refractivity contribution is 5.94. The molecule has 6 nitrogen and oxygen atoms in total. The van der Waals surface area contributed by atoms with Crippen LogP contribution in [0.2, 0.25) is 0 Å². The second kappa shape index (κ2) is 7.41. The second-order valence-corrected chi connectivity index (χ2v) is 6.25. The van der Waals surface area contributed by atoms with Crippen LogP contribution in [0.3, 0.4) is 0 Å². The molecule has 2 aromatic heterocycles. The molecule has 27 heavy (non-hydrogen) atoms. The Labute approximate surface area is 155 Å². The first-order chi connectivity index (χ1) is 13.2. The number of aromatic amines is 1. The lowest BCUT2D eigenvalue weighted by Crippen LogP contribution is -2.26. The zero-order valence-corrected chi connectivity index (χ0v) is 14.5. The van der Waals surface area contributed by atoms with Crippen molar-refractivity contribution < 1.29 is 9.18 Å². The van der Waals surface area contributed by atoms with Crippen LogP contribution in [0.4, 0.5) is 4.39 Å². The summed E-state index contributed by atoms with van der Waals surface area (Å²) in [5.41, 5.74) is 2.98. The van der Waals surface area contributed by atoms with E-state index in [2.05, 4.69) is 20.4 Å². The summed E-state index contributed by atoms with van der Waals surface area (Å²) in [5, 5.41) is 7.07. The normalized spacial score (nSPS) is 11.0. The van der Waals surface area contributed by atoms with Crippen molar-refractivity contribution in [2.75, 3.05) is 6.54 Å². The van der Waals surface area contributed by atoms with Gasteiger partial charge in [0.25, 0.3) is 5.91 Å². The molecule has 4 rings (SSSR count). The summed E-state index contributed by atoms with van der Waals surface area (Å²) in [4.78, 5) is 19.9. The number of nitrogens with zero attached hydrogens (tertiary/aromatic N) is 3. The van der Waals surface area contributed by atoms with Gasteiger partial charge in [-0.15, -0.1) is 0 Å². The van der Waals surface area contributed by atoms with Gasteiger partial charge in [-0.1, -0.05) is 12.1 Å². The molecule has 0 bridgehead atoms. The number of carbonyl (C=O) groups is 1. The molecule has 2 aromatic carbocycles. The Morgan fingerprint density at radius 3 is 2.96 bits per heavy atom. The van der Waals surface area contributed by atoms with Gasteiger partial charge in [-0.2, -0.15) is 5.10 Å². The van der Waals surface area contributed by atoms with Gasteiger partial charge in [0, 0.05) is 30.9 Å². The quantitative estimate of drug-likeness (QED) is 0.553. The number of benzene rings is 2. The average Bonchev–Trinajstić information content (AvgIpc) is 3.31. The third-order valence-corrected chi connectivity index (χ3v) is 4.23. The van der Waals surface area contributed by atoms with Gasteiger partial charge in [0.1, 0.15) is 11.6 Å². The van der Waals surface area contributed by atoms with Crippen molar-refractivity contribution in [1.82, 2.24) is 25.1 Å². The van der Waals surface area contributed by atoms with Gasteiger partial charge in [0.15, 0.2) is 0 Å². The fourth-order valence-corrected chi connectivity index (χ4v) is 2.94. The predicted molar refractivity (Wildman–Crippen MR) is 99.9 cm³/mol. The van der Waals surface area contributed by atoms with E-state index in [0.29, 0.717) is 41.9 Å². The topological polar surface area (TPSA) is 75.6 Å². The van der Waals surface area contributed by atoms with Crippen molar-refractivity contribution >= 4 is 16.9 Å². The van der Waals surface area contributed by atoms with Crippen LogP contribution in [-0.2, 0) is 13.0 Å². The molecule has 0 aliphatic carbocycles. The fraction of sp³-hybridized carbons (Fsp3) is 0.150. The van der Waals surface area contributed by atoms with E-state index in [0.717, 1.165) is 5.56 Å². The van der Waals surface area contributed by atoms with Crippen molar-refractivity contribution in [1.29, 1.82) is 0 Å². The Balaban J connectivity index is 1.36. The maximum atomic E-state index is 13.2. The molecule has 7 heteroatoms. The highest BCUT2D eigenvalue weighted by Gasteiger charge is 2.08. The lowest BCUT2D eigenvalue weighted by molar-refractivity contribution is 0.0954. The molecule has 1 amide bonds. The fourth-order valence-electron chi connectivity index (χ4n) is 2.94. The number of imidazole rings is 1. The number of halogens is 1. The van der Waals surface area contributed by atoms with Gasteiger partial charge in [0.05, 0.1) is 17.6 Å². The van der Waals surface area contributed by atoms with Crippen molar-refractivity contribution in [2.24, 2.45) is 0 Å². The van der Waals surface area contributed by atoms with E-state index in [1.54, 1.807) is 23.0 Å². The van der Waals surface area contributed by atoms with E-state index in [1.165, 1.54) is 12.1 Å². The van der Waals surface area contributed by atoms with Crippen LogP contribution in [0, 0.1) is 5.82 Å². The summed E-state index contributed by atoms with van der Waals surface area (Å²) < 4.78 is 15.0. The molecule has 0 unspecified atom stereocenters. The minimum Gasteiger partial charge on any atom is -0.352 e. The SMILES string of the molecule is O=C(NCCc1nc2ccc(F)cc2[nH]1)c1cccc(Cn2cccn2)c1. The van der Waals surface area contributed by atoms with Gasteiger partial charge in [-0.3, -0.25) is 9.48 Å². The number of amides is 1. The zero-order chi connectivity index (χ0) is 18.6. The van der Waals surface area contributed by atoms with Crippen LogP contribution in [-0.4, -0.2) is 32.2 Å². The standard InChI is InChI=1S/C20H18FN5O/c21-16-5-6-17-18(12-16)25-19(24-17)7-9-22-20(27)15-4-1-3-14(11-15)13-26-10-2-8-23-26/h1-6,8,10-12H,7,9,13H2,(H,22,27)(H,24,25). The van der Waals surface area contributed by atoms with E-state index in [1.807, 2.05) is 30.5 Å². The average molecular weight is 363 g/mol. The second-order valence-electron chi connectivity index (χ2n) is 6.25. The van der Waals surface area contributed by atoms with Crippen LogP contribution in [0.15, 0.2) is 60.9 Å². The minimum atomic E-state index is -0.305. The third kappa shape index (κ3) is 4.03. The minimum absolute atomic E-state index is 0.139. The highest BCUT2D eigenvalue weighted by atomic mass is 19.1. The molecule has 4 aromatic rings. The van der Waals surface area contributed by atoms with Crippen molar-refractivity contribution in [2.45, 2.75) is 13.0 Å². The number of nitrogens with one attached hydrogen (secondary N) is 2. The largest absolute Gasteiger partial charge is 0.352 e. The number of carbonyl (C=O) groups excluding carboxylic acids is 1. The van der Waals surface area contributed by atoms with Crippen LogP contribution in [0.1, 0.15) is 21.7 Å². The van der Waals surface area contributed by atoms with Crippen molar-refractivity contribution in [3.8, 4) is 0 Å². The third-order valence-electron chi connectivity index (χ3n) is 4.23. The molecule has 0 radical (unpaired) electrons. The number of rotatable bonds is 6. The molecule has 136 valence electrons. The number of hydrogen-bond donors (Lipinski definition) is 2. The molecule has 0 saturated carbocycles. The number of H-pyrrole nitrogens is 1. The van der Waals surface area contributed by atoms with Crippen LogP contribution >= 0.6 is 0 Å². The van der Waals surface area contributed by atoms with E-state index < -0.39 is 0 Å². The Morgan fingerprint density at radius 1 is 1.19 bits per heavy atom. The Kier molecular flexibility index (Phi) is 4.65. The summed E-state index contributed by atoms with van der Waals surface area (Å²) in [6, 6.07) is 13.8. The summed E-state index contributed by atoms with van der Waals surface area (Å²) in [6.07, 6.45) is 4.14. The van der Waals surface area contributed by atoms with Gasteiger partial charge >= 0.3 is 0 Å². The molecular weight excluding hydrogens is 345 g/mol. The van der Waals surface area contributed by atoms with Crippen LogP contribution < -0.4 is 5.32 Å². The number of hydrogen-bond acceptors (Lipinski definition) is 3. The molecular formula is C20H18FN5O. The summed E-state index contributed by atoms with van der Waals surface area (Å²) in [7, 11) is 0. The van der Waals surface area contributed by atoms with E-state index in [9.17, 15) is 9.18 Å². The summed E-state index contributed by atoms with van der Waals surface area (Å²) in [5.74, 6) is 0.267. The van der Waals surface area contributed by atoms with E-state index >= 15 is 0 Å². The van der Waals surface area contributed by atoms with Gasteiger partial charge < -0.3 is 10.3 Å². The molecule has 0 aliphatic heterocycles. The first-order valence-corrected chi connectivity index (χ1v) is 8.66. The maximum Gasteiger partial charge on any atom is 0.251 e. The zero-order valence-electron chi connectivity index (χ0n) is 14.5. The molecule has 2 N–H and O–H groups in total. The van der Waals surface area contributed by atoms with Gasteiger partial charge in [-0.05, 0) is 42.0 Å².